The van der Waals surface area contributed by atoms with Gasteiger partial charge in [0.1, 0.15) is 12.4 Å². The van der Waals surface area contributed by atoms with Gasteiger partial charge in [0, 0.05) is 23.6 Å². The third kappa shape index (κ3) is 5.03. The molecular formula is C17H19BrClNO. The Labute approximate surface area is 139 Å². The van der Waals surface area contributed by atoms with Crippen LogP contribution in [0.15, 0.2) is 46.9 Å². The van der Waals surface area contributed by atoms with Crippen LogP contribution in [0.25, 0.3) is 0 Å². The molecule has 2 nitrogen and oxygen atoms in total. The average molecular weight is 369 g/mol. The van der Waals surface area contributed by atoms with E-state index in [2.05, 4.69) is 33.0 Å². The Morgan fingerprint density at radius 2 is 1.86 bits per heavy atom. The summed E-state index contributed by atoms with van der Waals surface area (Å²) in [6.07, 6.45) is 0.803. The van der Waals surface area contributed by atoms with Crippen molar-refractivity contribution in [3.8, 4) is 5.75 Å². The lowest BCUT2D eigenvalue weighted by molar-refractivity contribution is 0.258. The minimum atomic E-state index is 0.648. The van der Waals surface area contributed by atoms with Crippen molar-refractivity contribution in [3.05, 3.63) is 63.1 Å². The lowest BCUT2D eigenvalue weighted by Crippen LogP contribution is -2.20. The Bertz CT molecular complexity index is 587. The first-order chi connectivity index (χ1) is 10.1. The van der Waals surface area contributed by atoms with Crippen molar-refractivity contribution in [2.45, 2.75) is 6.42 Å². The number of likely N-dealkylation sites (N-methyl/N-ethyl adjacent to an activating group) is 1. The predicted octanol–water partition coefficient (Wildman–Crippen LogP) is 4.63. The first kappa shape index (κ1) is 16.3. The lowest BCUT2D eigenvalue weighted by Gasteiger charge is -2.16. The molecule has 0 saturated heterocycles. The van der Waals surface area contributed by atoms with Crippen LogP contribution in [0.2, 0.25) is 5.02 Å². The van der Waals surface area contributed by atoms with Gasteiger partial charge in [-0.25, -0.2) is 0 Å². The molecule has 0 aliphatic heterocycles. The summed E-state index contributed by atoms with van der Waals surface area (Å²) in [4.78, 5) is 2.10. The highest BCUT2D eigenvalue weighted by Gasteiger charge is 2.11. The van der Waals surface area contributed by atoms with Gasteiger partial charge >= 0.3 is 0 Å². The molecule has 0 aliphatic rings. The number of nitrogens with zero attached hydrogens (tertiary/aromatic N) is 1. The van der Waals surface area contributed by atoms with Gasteiger partial charge < -0.3 is 9.64 Å². The smallest absolute Gasteiger partial charge is 0.137 e. The summed E-state index contributed by atoms with van der Waals surface area (Å²) in [6.45, 7) is 1.52. The molecule has 4 heteroatoms. The molecule has 0 radical (unpaired) electrons. The first-order valence-electron chi connectivity index (χ1n) is 6.85. The molecule has 0 heterocycles. The molecule has 0 N–H and O–H groups in total. The minimum Gasteiger partial charge on any atom is -0.491 e. The van der Waals surface area contributed by atoms with Crippen LogP contribution in [0.1, 0.15) is 11.1 Å². The molecule has 21 heavy (non-hydrogen) atoms. The number of hydrogen-bond acceptors (Lipinski definition) is 2. The monoisotopic (exact) mass is 367 g/mol. The summed E-state index contributed by atoms with van der Waals surface area (Å²) in [6, 6.07) is 14.2. The minimum absolute atomic E-state index is 0.648. The number of benzene rings is 2. The second-order valence-corrected chi connectivity index (χ2v) is 6.48. The Morgan fingerprint density at radius 3 is 2.52 bits per heavy atom. The maximum absolute atomic E-state index is 6.18. The Kier molecular flexibility index (Phi) is 6.09. The van der Waals surface area contributed by atoms with E-state index in [0.717, 1.165) is 28.8 Å². The number of ether oxygens (including phenoxy) is 1. The fourth-order valence-corrected chi connectivity index (χ4v) is 3.04. The van der Waals surface area contributed by atoms with Gasteiger partial charge in [-0.15, -0.1) is 0 Å². The highest BCUT2D eigenvalue weighted by atomic mass is 79.9. The molecule has 2 aromatic carbocycles. The quantitative estimate of drug-likeness (QED) is 0.737. The molecule has 0 fully saturated rings. The van der Waals surface area contributed by atoms with Gasteiger partial charge in [0.15, 0.2) is 0 Å². The zero-order valence-electron chi connectivity index (χ0n) is 12.3. The van der Waals surface area contributed by atoms with E-state index >= 15 is 0 Å². The molecule has 0 aliphatic carbocycles. The normalized spacial score (nSPS) is 10.9. The van der Waals surface area contributed by atoms with E-state index in [0.29, 0.717) is 11.6 Å². The van der Waals surface area contributed by atoms with E-state index in [1.54, 1.807) is 0 Å². The molecule has 0 aromatic heterocycles. The second kappa shape index (κ2) is 7.83. The molecule has 0 saturated carbocycles. The van der Waals surface area contributed by atoms with Crippen LogP contribution < -0.4 is 4.74 Å². The van der Waals surface area contributed by atoms with Crippen molar-refractivity contribution in [2.24, 2.45) is 0 Å². The molecule has 0 spiro atoms. The third-order valence-corrected chi connectivity index (χ3v) is 3.91. The van der Waals surface area contributed by atoms with Gasteiger partial charge in [-0.3, -0.25) is 0 Å². The van der Waals surface area contributed by atoms with Gasteiger partial charge in [-0.05, 0) is 47.7 Å². The van der Waals surface area contributed by atoms with Crippen molar-refractivity contribution < 1.29 is 4.74 Å². The van der Waals surface area contributed by atoms with Crippen LogP contribution in [0.5, 0.6) is 5.75 Å². The summed E-state index contributed by atoms with van der Waals surface area (Å²) < 4.78 is 6.86. The largest absolute Gasteiger partial charge is 0.491 e. The van der Waals surface area contributed by atoms with Gasteiger partial charge in [0.25, 0.3) is 0 Å². The molecular weight excluding hydrogens is 350 g/mol. The molecule has 0 bridgehead atoms. The van der Waals surface area contributed by atoms with Crippen molar-refractivity contribution in [1.82, 2.24) is 4.90 Å². The predicted molar refractivity (Wildman–Crippen MR) is 92.4 cm³/mol. The van der Waals surface area contributed by atoms with E-state index < -0.39 is 0 Å². The van der Waals surface area contributed by atoms with Crippen LogP contribution in [0.3, 0.4) is 0 Å². The molecule has 2 rings (SSSR count). The molecule has 0 amide bonds. The molecule has 2 aromatic rings. The van der Waals surface area contributed by atoms with Gasteiger partial charge in [-0.1, -0.05) is 41.9 Å². The topological polar surface area (TPSA) is 12.5 Å². The van der Waals surface area contributed by atoms with Crippen molar-refractivity contribution >= 4 is 27.5 Å². The lowest BCUT2D eigenvalue weighted by atomic mass is 10.0. The third-order valence-electron chi connectivity index (χ3n) is 3.11. The number of hydrogen-bond donors (Lipinski definition) is 0. The average Bonchev–Trinajstić information content (AvgIpc) is 2.42. The van der Waals surface area contributed by atoms with Crippen molar-refractivity contribution in [3.63, 3.8) is 0 Å². The zero-order valence-corrected chi connectivity index (χ0v) is 14.6. The fraction of sp³-hybridized carbons (Fsp3) is 0.294. The van der Waals surface area contributed by atoms with Gasteiger partial charge in [0.2, 0.25) is 0 Å². The summed E-state index contributed by atoms with van der Waals surface area (Å²) >= 11 is 9.73. The zero-order chi connectivity index (χ0) is 15.2. The standard InChI is InChI=1S/C17H19BrClNO/c1-20(2)8-9-21-17-14(11-15(19)12-16(17)18)10-13-6-4-3-5-7-13/h3-7,11-12H,8-10H2,1-2H3. The number of halogens is 2. The van der Waals surface area contributed by atoms with Crippen molar-refractivity contribution in [1.29, 1.82) is 0 Å². The summed E-state index contributed by atoms with van der Waals surface area (Å²) in [5.41, 5.74) is 2.34. The van der Waals surface area contributed by atoms with E-state index in [1.807, 2.05) is 44.4 Å². The summed E-state index contributed by atoms with van der Waals surface area (Å²) in [7, 11) is 4.07. The van der Waals surface area contributed by atoms with Crippen LogP contribution in [-0.4, -0.2) is 32.1 Å². The van der Waals surface area contributed by atoms with Crippen LogP contribution in [-0.2, 0) is 6.42 Å². The highest BCUT2D eigenvalue weighted by molar-refractivity contribution is 9.10. The first-order valence-corrected chi connectivity index (χ1v) is 8.02. The molecule has 112 valence electrons. The van der Waals surface area contributed by atoms with Gasteiger partial charge in [0.05, 0.1) is 4.47 Å². The van der Waals surface area contributed by atoms with E-state index in [9.17, 15) is 0 Å². The second-order valence-electron chi connectivity index (χ2n) is 5.19. The molecule has 0 atom stereocenters. The van der Waals surface area contributed by atoms with E-state index in [4.69, 9.17) is 16.3 Å². The Morgan fingerprint density at radius 1 is 1.14 bits per heavy atom. The van der Waals surface area contributed by atoms with Crippen molar-refractivity contribution in [2.75, 3.05) is 27.2 Å². The Hall–Kier alpha value is -1.03. The van der Waals surface area contributed by atoms with Crippen LogP contribution in [0.4, 0.5) is 0 Å². The Balaban J connectivity index is 2.21. The summed E-state index contributed by atoms with van der Waals surface area (Å²) in [5, 5.41) is 0.716. The maximum Gasteiger partial charge on any atom is 0.137 e. The van der Waals surface area contributed by atoms with E-state index in [-0.39, 0.29) is 0 Å². The van der Waals surface area contributed by atoms with E-state index in [1.165, 1.54) is 5.56 Å². The van der Waals surface area contributed by atoms with Crippen LogP contribution in [0, 0.1) is 0 Å². The molecule has 0 unspecified atom stereocenters. The number of rotatable bonds is 6. The maximum atomic E-state index is 6.18. The van der Waals surface area contributed by atoms with Crippen LogP contribution >= 0.6 is 27.5 Å². The van der Waals surface area contributed by atoms with Gasteiger partial charge in [-0.2, -0.15) is 0 Å². The highest BCUT2D eigenvalue weighted by Crippen LogP contribution is 2.34. The fourth-order valence-electron chi connectivity index (χ4n) is 2.05. The SMILES string of the molecule is CN(C)CCOc1c(Br)cc(Cl)cc1Cc1ccccc1. The summed E-state index contributed by atoms with van der Waals surface area (Å²) in [5.74, 6) is 0.880.